The molecular formula is C32H32N4O2S. The van der Waals surface area contributed by atoms with Gasteiger partial charge >= 0.3 is 0 Å². The van der Waals surface area contributed by atoms with Gasteiger partial charge in [-0.05, 0) is 86.8 Å². The Balaban J connectivity index is 1.25. The molecule has 2 aliphatic rings. The van der Waals surface area contributed by atoms with Gasteiger partial charge in [0.05, 0.1) is 11.1 Å². The third-order valence-corrected chi connectivity index (χ3v) is 8.84. The predicted molar refractivity (Wildman–Crippen MR) is 160 cm³/mol. The van der Waals surface area contributed by atoms with Crippen LogP contribution in [-0.2, 0) is 4.79 Å². The largest absolute Gasteiger partial charge is 0.358 e. The Hall–Kier alpha value is -3.94. The molecule has 198 valence electrons. The molecule has 6 rings (SSSR count). The van der Waals surface area contributed by atoms with Crippen molar-refractivity contribution >= 4 is 40.5 Å². The normalized spacial score (nSPS) is 16.1. The Labute approximate surface area is 232 Å². The van der Waals surface area contributed by atoms with E-state index in [1.807, 2.05) is 44.2 Å². The zero-order chi connectivity index (χ0) is 26.9. The van der Waals surface area contributed by atoms with Gasteiger partial charge in [0.1, 0.15) is 0 Å². The van der Waals surface area contributed by atoms with E-state index < -0.39 is 0 Å². The zero-order valence-corrected chi connectivity index (χ0v) is 23.1. The van der Waals surface area contributed by atoms with E-state index in [9.17, 15) is 9.59 Å². The lowest BCUT2D eigenvalue weighted by Gasteiger charge is -2.14. The van der Waals surface area contributed by atoms with Crippen LogP contribution in [0.2, 0.25) is 0 Å². The van der Waals surface area contributed by atoms with Crippen molar-refractivity contribution in [2.24, 2.45) is 0 Å². The minimum atomic E-state index is -0.137. The Morgan fingerprint density at radius 3 is 2.51 bits per heavy atom. The molecule has 2 amide bonds. The molecule has 0 radical (unpaired) electrons. The van der Waals surface area contributed by atoms with E-state index in [0.29, 0.717) is 17.7 Å². The van der Waals surface area contributed by atoms with Crippen molar-refractivity contribution in [1.29, 1.82) is 0 Å². The number of aryl methyl sites for hydroxylation is 1. The predicted octanol–water partition coefficient (Wildman–Crippen LogP) is 6.35. The molecule has 39 heavy (non-hydrogen) atoms. The van der Waals surface area contributed by atoms with E-state index in [0.717, 1.165) is 58.3 Å². The first-order valence-corrected chi connectivity index (χ1v) is 14.3. The molecule has 3 N–H and O–H groups in total. The van der Waals surface area contributed by atoms with Crippen molar-refractivity contribution in [3.8, 4) is 20.9 Å². The van der Waals surface area contributed by atoms with E-state index >= 15 is 0 Å². The van der Waals surface area contributed by atoms with E-state index in [2.05, 4.69) is 56.9 Å². The fourth-order valence-corrected chi connectivity index (χ4v) is 6.57. The average molecular weight is 537 g/mol. The molecule has 0 saturated carbocycles. The second-order valence-corrected chi connectivity index (χ2v) is 11.4. The monoisotopic (exact) mass is 536 g/mol. The molecular weight excluding hydrogens is 504 g/mol. The Kier molecular flexibility index (Phi) is 6.94. The molecule has 0 atom stereocenters. The van der Waals surface area contributed by atoms with Crippen LogP contribution in [0, 0.1) is 13.8 Å². The van der Waals surface area contributed by atoms with Gasteiger partial charge in [-0.3, -0.25) is 9.59 Å². The van der Waals surface area contributed by atoms with Crippen molar-refractivity contribution in [2.75, 3.05) is 31.5 Å². The molecule has 4 aromatic rings. The summed E-state index contributed by atoms with van der Waals surface area (Å²) in [5.41, 5.74) is 7.62. The van der Waals surface area contributed by atoms with Crippen LogP contribution < -0.4 is 10.6 Å². The molecule has 7 heteroatoms. The quantitative estimate of drug-likeness (QED) is 0.241. The van der Waals surface area contributed by atoms with Gasteiger partial charge in [-0.2, -0.15) is 0 Å². The van der Waals surface area contributed by atoms with Crippen LogP contribution in [0.25, 0.3) is 32.5 Å². The summed E-state index contributed by atoms with van der Waals surface area (Å²) in [6.45, 7) is 7.58. The van der Waals surface area contributed by atoms with Crippen LogP contribution in [-0.4, -0.2) is 47.9 Å². The van der Waals surface area contributed by atoms with Gasteiger partial charge < -0.3 is 20.5 Å². The van der Waals surface area contributed by atoms with Crippen LogP contribution in [0.1, 0.15) is 45.7 Å². The number of nitrogens with zero attached hydrogens (tertiary/aromatic N) is 1. The van der Waals surface area contributed by atoms with Gasteiger partial charge in [0.2, 0.25) is 0 Å². The van der Waals surface area contributed by atoms with Crippen molar-refractivity contribution in [2.45, 2.75) is 26.7 Å². The van der Waals surface area contributed by atoms with E-state index in [4.69, 9.17) is 0 Å². The lowest BCUT2D eigenvalue weighted by atomic mass is 10.0. The van der Waals surface area contributed by atoms with E-state index in [1.54, 1.807) is 11.3 Å². The number of aromatic nitrogens is 1. The van der Waals surface area contributed by atoms with E-state index in [1.165, 1.54) is 23.3 Å². The maximum absolute atomic E-state index is 13.0. The Morgan fingerprint density at radius 2 is 1.74 bits per heavy atom. The third kappa shape index (κ3) is 5.07. The van der Waals surface area contributed by atoms with Crippen molar-refractivity contribution in [1.82, 2.24) is 15.2 Å². The number of amides is 2. The highest BCUT2D eigenvalue weighted by Gasteiger charge is 2.26. The number of benzene rings is 2. The van der Waals surface area contributed by atoms with Gasteiger partial charge in [0.15, 0.2) is 0 Å². The smallest absolute Gasteiger partial charge is 0.256 e. The molecule has 4 heterocycles. The first-order chi connectivity index (χ1) is 19.0. The van der Waals surface area contributed by atoms with Crippen LogP contribution >= 0.6 is 11.3 Å². The van der Waals surface area contributed by atoms with Crippen molar-refractivity contribution in [3.05, 3.63) is 88.7 Å². The summed E-state index contributed by atoms with van der Waals surface area (Å²) in [6, 6.07) is 20.7. The number of anilines is 1. The summed E-state index contributed by atoms with van der Waals surface area (Å²) < 4.78 is 0. The number of carbonyl (C=O) groups is 2. The van der Waals surface area contributed by atoms with Crippen LogP contribution in [0.5, 0.6) is 0 Å². The fourth-order valence-electron chi connectivity index (χ4n) is 5.56. The number of hydrogen-bond donors (Lipinski definition) is 3. The van der Waals surface area contributed by atoms with Gasteiger partial charge in [-0.1, -0.05) is 36.4 Å². The molecule has 2 aliphatic heterocycles. The van der Waals surface area contributed by atoms with E-state index in [-0.39, 0.29) is 11.8 Å². The number of H-pyrrole nitrogens is 1. The summed E-state index contributed by atoms with van der Waals surface area (Å²) in [7, 11) is 0. The number of fused-ring (bicyclic) bond motifs is 1. The van der Waals surface area contributed by atoms with Crippen LogP contribution in [0.15, 0.2) is 60.7 Å². The minimum absolute atomic E-state index is 0.0735. The lowest BCUT2D eigenvalue weighted by molar-refractivity contribution is -0.110. The highest BCUT2D eigenvalue weighted by atomic mass is 32.1. The molecule has 2 aromatic carbocycles. The second kappa shape index (κ2) is 10.7. The number of carbonyl (C=O) groups excluding carboxylic acids is 2. The third-order valence-electron chi connectivity index (χ3n) is 7.66. The Bertz CT molecular complexity index is 1570. The standard InChI is InChI=1S/C32H32N4O2S/c1-20-27(34-21(2)30(20)32(38)33-14-17-36-15-6-7-16-36)19-25-24-18-23(10-11-26(24)35-31(25)37)29-13-12-28(39-29)22-8-4-3-5-9-22/h3-5,8-13,18-19,34H,6-7,14-17H2,1-2H3,(H,33,38)(H,35,37)/b25-19-. The highest BCUT2D eigenvalue weighted by Crippen LogP contribution is 2.40. The summed E-state index contributed by atoms with van der Waals surface area (Å²) >= 11 is 1.74. The van der Waals surface area contributed by atoms with Crippen LogP contribution in [0.4, 0.5) is 5.69 Å². The van der Waals surface area contributed by atoms with Gasteiger partial charge in [-0.15, -0.1) is 11.3 Å². The number of hydrogen-bond acceptors (Lipinski definition) is 4. The molecule has 0 bridgehead atoms. The molecule has 0 aliphatic carbocycles. The lowest BCUT2D eigenvalue weighted by Crippen LogP contribution is -2.33. The number of likely N-dealkylation sites (tertiary alicyclic amines) is 1. The summed E-state index contributed by atoms with van der Waals surface area (Å²) in [5.74, 6) is -0.211. The molecule has 0 unspecified atom stereocenters. The number of nitrogens with one attached hydrogen (secondary N) is 3. The molecule has 1 fully saturated rings. The first kappa shape index (κ1) is 25.3. The van der Waals surface area contributed by atoms with Gasteiger partial charge in [0.25, 0.3) is 11.8 Å². The summed E-state index contributed by atoms with van der Waals surface area (Å²) in [4.78, 5) is 34.1. The fraction of sp³-hybridized carbons (Fsp3) is 0.250. The van der Waals surface area contributed by atoms with Crippen molar-refractivity contribution in [3.63, 3.8) is 0 Å². The maximum Gasteiger partial charge on any atom is 0.256 e. The summed E-state index contributed by atoms with van der Waals surface area (Å²) in [5, 5.41) is 6.07. The van der Waals surface area contributed by atoms with Gasteiger partial charge in [0, 0.05) is 45.5 Å². The summed E-state index contributed by atoms with van der Waals surface area (Å²) in [6.07, 6.45) is 4.35. The Morgan fingerprint density at radius 1 is 1.00 bits per heavy atom. The minimum Gasteiger partial charge on any atom is -0.358 e. The highest BCUT2D eigenvalue weighted by molar-refractivity contribution is 7.18. The number of thiophene rings is 1. The maximum atomic E-state index is 13.0. The van der Waals surface area contributed by atoms with Gasteiger partial charge in [-0.25, -0.2) is 0 Å². The first-order valence-electron chi connectivity index (χ1n) is 13.5. The average Bonchev–Trinajstić information content (AvgIpc) is 3.73. The van der Waals surface area contributed by atoms with Crippen LogP contribution in [0.3, 0.4) is 0 Å². The zero-order valence-electron chi connectivity index (χ0n) is 22.3. The molecule has 1 saturated heterocycles. The number of aromatic amines is 1. The molecule has 2 aromatic heterocycles. The van der Waals surface area contributed by atoms with Crippen molar-refractivity contribution < 1.29 is 9.59 Å². The molecule has 0 spiro atoms. The topological polar surface area (TPSA) is 77.2 Å². The number of rotatable bonds is 7. The SMILES string of the molecule is Cc1[nH]c(/C=C2\C(=O)Nc3ccc(-c4ccc(-c5ccccc5)s4)cc32)c(C)c1C(=O)NCCN1CCCC1. The second-order valence-electron chi connectivity index (χ2n) is 10.3. The molecule has 6 nitrogen and oxygen atoms in total.